The van der Waals surface area contributed by atoms with Crippen molar-refractivity contribution >= 4 is 34.7 Å². The van der Waals surface area contributed by atoms with Gasteiger partial charge in [-0.2, -0.15) is 0 Å². The van der Waals surface area contributed by atoms with Crippen LogP contribution < -0.4 is 15.8 Å². The van der Waals surface area contributed by atoms with E-state index in [0.717, 1.165) is 29.1 Å². The topological polar surface area (TPSA) is 121 Å². The zero-order valence-corrected chi connectivity index (χ0v) is 23.3. The second-order valence-electron chi connectivity index (χ2n) is 9.82. The predicted molar refractivity (Wildman–Crippen MR) is 152 cm³/mol. The molecule has 0 radical (unpaired) electrons. The molecule has 0 unspecified atom stereocenters. The van der Waals surface area contributed by atoms with E-state index in [0.29, 0.717) is 35.7 Å². The minimum Gasteiger partial charge on any atom is -0.378 e. The fourth-order valence-electron chi connectivity index (χ4n) is 4.64. The number of anilines is 1. The number of aromatic nitrogens is 2. The van der Waals surface area contributed by atoms with Crippen molar-refractivity contribution in [2.75, 3.05) is 32.1 Å². The molecule has 4 aromatic rings. The van der Waals surface area contributed by atoms with E-state index in [1.54, 1.807) is 24.4 Å². The fourth-order valence-corrected chi connectivity index (χ4v) is 5.62. The van der Waals surface area contributed by atoms with Crippen molar-refractivity contribution in [3.63, 3.8) is 0 Å². The zero-order chi connectivity index (χ0) is 28.2. The molecular formula is C29H30N6O4S. The third-order valence-electron chi connectivity index (χ3n) is 6.95. The number of benzene rings is 2. The van der Waals surface area contributed by atoms with Crippen molar-refractivity contribution < 1.29 is 18.9 Å². The summed E-state index contributed by atoms with van der Waals surface area (Å²) < 4.78 is 5.38. The lowest BCUT2D eigenvalue weighted by Gasteiger charge is -2.31. The van der Waals surface area contributed by atoms with Crippen molar-refractivity contribution in [2.45, 2.75) is 25.7 Å². The minimum atomic E-state index is -0.482. The van der Waals surface area contributed by atoms with E-state index in [1.807, 2.05) is 66.4 Å². The van der Waals surface area contributed by atoms with E-state index in [1.165, 1.54) is 11.3 Å². The van der Waals surface area contributed by atoms with E-state index in [-0.39, 0.29) is 17.5 Å². The molecule has 1 saturated heterocycles. The molecule has 11 heteroatoms. The molecule has 3 amide bonds. The van der Waals surface area contributed by atoms with Crippen LogP contribution in [0.15, 0.2) is 64.5 Å². The first kappa shape index (κ1) is 27.1. The van der Waals surface area contributed by atoms with Gasteiger partial charge in [-0.3, -0.25) is 25.2 Å². The van der Waals surface area contributed by atoms with Gasteiger partial charge in [-0.25, -0.2) is 4.98 Å². The Morgan fingerprint density at radius 3 is 2.33 bits per heavy atom. The fraction of sp³-hybridized carbons (Fsp3) is 0.276. The second kappa shape index (κ2) is 11.7. The summed E-state index contributed by atoms with van der Waals surface area (Å²) in [5, 5.41) is 6.67. The van der Waals surface area contributed by atoms with E-state index < -0.39 is 11.8 Å². The van der Waals surface area contributed by atoms with Crippen LogP contribution in [0.5, 0.6) is 0 Å². The minimum absolute atomic E-state index is 0.0950. The number of rotatable bonds is 6. The molecule has 10 nitrogen and oxygen atoms in total. The Morgan fingerprint density at radius 2 is 1.65 bits per heavy atom. The first-order valence-corrected chi connectivity index (χ1v) is 13.8. The molecule has 2 N–H and O–H groups in total. The molecule has 206 valence electrons. The van der Waals surface area contributed by atoms with Crippen molar-refractivity contribution in [3.8, 4) is 11.3 Å². The standard InChI is InChI=1S/C29H30N6O4S/c1-18-24(25(33-39-18)19-7-5-4-6-8-19)29(38)35-15-13-21(14-16-35)28-30-23(17-40-28)27(37)32-31-26(36)20-9-11-22(12-10-20)34(2)3/h4-12,17,21H,13-16H2,1-3H3,(H,31,36)(H,32,37). The van der Waals surface area contributed by atoms with Gasteiger partial charge in [-0.05, 0) is 44.0 Å². The van der Waals surface area contributed by atoms with Crippen molar-refractivity contribution in [1.82, 2.24) is 25.9 Å². The van der Waals surface area contributed by atoms with Crippen LogP contribution in [0.2, 0.25) is 0 Å². The number of aryl methyl sites for hydroxylation is 1. The van der Waals surface area contributed by atoms with Gasteiger partial charge in [-0.15, -0.1) is 11.3 Å². The Morgan fingerprint density at radius 1 is 0.975 bits per heavy atom. The van der Waals surface area contributed by atoms with Crippen molar-refractivity contribution in [1.29, 1.82) is 0 Å². The Balaban J connectivity index is 1.16. The van der Waals surface area contributed by atoms with Crippen LogP contribution in [0.1, 0.15) is 60.7 Å². The van der Waals surface area contributed by atoms with Gasteiger partial charge >= 0.3 is 0 Å². The van der Waals surface area contributed by atoms with Gasteiger partial charge in [0.05, 0.1) is 5.01 Å². The Bertz CT molecular complexity index is 1510. The number of nitrogens with zero attached hydrogens (tertiary/aromatic N) is 4. The monoisotopic (exact) mass is 558 g/mol. The normalized spacial score (nSPS) is 13.6. The van der Waals surface area contributed by atoms with Gasteiger partial charge < -0.3 is 14.3 Å². The highest BCUT2D eigenvalue weighted by Gasteiger charge is 2.31. The van der Waals surface area contributed by atoms with Crippen molar-refractivity contribution in [2.24, 2.45) is 0 Å². The lowest BCUT2D eigenvalue weighted by atomic mass is 9.96. The van der Waals surface area contributed by atoms with Crippen LogP contribution in [-0.4, -0.2) is 59.9 Å². The van der Waals surface area contributed by atoms with Gasteiger partial charge in [0.2, 0.25) is 0 Å². The molecule has 2 aromatic heterocycles. The molecule has 1 aliphatic heterocycles. The van der Waals surface area contributed by atoms with E-state index in [2.05, 4.69) is 21.0 Å². The molecule has 0 atom stereocenters. The third kappa shape index (κ3) is 5.74. The highest BCUT2D eigenvalue weighted by atomic mass is 32.1. The molecule has 3 heterocycles. The summed E-state index contributed by atoms with van der Waals surface area (Å²) in [7, 11) is 3.84. The van der Waals surface area contributed by atoms with Gasteiger partial charge in [0.1, 0.15) is 22.7 Å². The highest BCUT2D eigenvalue weighted by molar-refractivity contribution is 7.09. The number of carbonyl (C=O) groups excluding carboxylic acids is 3. The molecular weight excluding hydrogens is 528 g/mol. The SMILES string of the molecule is Cc1onc(-c2ccccc2)c1C(=O)N1CCC(c2nc(C(=O)NNC(=O)c3ccc(N(C)C)cc3)cs2)CC1. The summed E-state index contributed by atoms with van der Waals surface area (Å²) in [4.78, 5) is 46.7. The summed E-state index contributed by atoms with van der Waals surface area (Å²) in [6, 6.07) is 16.6. The van der Waals surface area contributed by atoms with Gasteiger partial charge in [-0.1, -0.05) is 35.5 Å². The molecule has 0 bridgehead atoms. The Hall–Kier alpha value is -4.51. The van der Waals surface area contributed by atoms with Crippen LogP contribution >= 0.6 is 11.3 Å². The van der Waals surface area contributed by atoms with E-state index >= 15 is 0 Å². The molecule has 1 aliphatic rings. The van der Waals surface area contributed by atoms with Crippen molar-refractivity contribution in [3.05, 3.63) is 87.6 Å². The summed E-state index contributed by atoms with van der Waals surface area (Å²) >= 11 is 1.41. The smallest absolute Gasteiger partial charge is 0.289 e. The van der Waals surface area contributed by atoms with Crippen LogP contribution in [-0.2, 0) is 0 Å². The number of nitrogens with one attached hydrogen (secondary N) is 2. The summed E-state index contributed by atoms with van der Waals surface area (Å²) in [6.45, 7) is 2.88. The number of hydrazine groups is 1. The summed E-state index contributed by atoms with van der Waals surface area (Å²) in [5.74, 6) is -0.353. The van der Waals surface area contributed by atoms with E-state index in [4.69, 9.17) is 4.52 Å². The molecule has 0 saturated carbocycles. The first-order chi connectivity index (χ1) is 19.3. The van der Waals surface area contributed by atoms with Gasteiger partial charge in [0.15, 0.2) is 0 Å². The maximum Gasteiger partial charge on any atom is 0.289 e. The number of piperidine rings is 1. The quantitative estimate of drug-likeness (QED) is 0.339. The highest BCUT2D eigenvalue weighted by Crippen LogP contribution is 2.32. The number of amides is 3. The molecule has 5 rings (SSSR count). The van der Waals surface area contributed by atoms with Gasteiger partial charge in [0, 0.05) is 55.3 Å². The molecule has 40 heavy (non-hydrogen) atoms. The number of carbonyl (C=O) groups is 3. The maximum atomic E-state index is 13.4. The lowest BCUT2D eigenvalue weighted by Crippen LogP contribution is -2.41. The predicted octanol–water partition coefficient (Wildman–Crippen LogP) is 4.27. The Kier molecular flexibility index (Phi) is 7.92. The first-order valence-electron chi connectivity index (χ1n) is 13.0. The van der Waals surface area contributed by atoms with Crippen LogP contribution in [0.25, 0.3) is 11.3 Å². The van der Waals surface area contributed by atoms with Gasteiger partial charge in [0.25, 0.3) is 17.7 Å². The number of thiazole rings is 1. The zero-order valence-electron chi connectivity index (χ0n) is 22.5. The summed E-state index contributed by atoms with van der Waals surface area (Å²) in [5.41, 5.74) is 8.42. The van der Waals surface area contributed by atoms with E-state index in [9.17, 15) is 14.4 Å². The number of hydrogen-bond donors (Lipinski definition) is 2. The average Bonchev–Trinajstić information content (AvgIpc) is 3.63. The molecule has 1 fully saturated rings. The average molecular weight is 559 g/mol. The summed E-state index contributed by atoms with van der Waals surface area (Å²) in [6.07, 6.45) is 1.45. The molecule has 0 spiro atoms. The lowest BCUT2D eigenvalue weighted by molar-refractivity contribution is 0.0711. The maximum absolute atomic E-state index is 13.4. The van der Waals surface area contributed by atoms with Crippen LogP contribution in [0, 0.1) is 6.92 Å². The molecule has 0 aliphatic carbocycles. The third-order valence-corrected chi connectivity index (χ3v) is 7.95. The Labute approximate surface area is 236 Å². The van der Waals surface area contributed by atoms with Crippen LogP contribution in [0.3, 0.4) is 0 Å². The van der Waals surface area contributed by atoms with Crippen LogP contribution in [0.4, 0.5) is 5.69 Å². The second-order valence-corrected chi connectivity index (χ2v) is 10.7. The number of hydrogen-bond acceptors (Lipinski definition) is 8. The largest absolute Gasteiger partial charge is 0.378 e. The number of likely N-dealkylation sites (tertiary alicyclic amines) is 1. The molecule has 2 aromatic carbocycles.